The van der Waals surface area contributed by atoms with Crippen LogP contribution in [-0.2, 0) is 11.8 Å². The number of anilines is 3. The Kier molecular flexibility index (Phi) is 3.52. The van der Waals surface area contributed by atoms with Gasteiger partial charge < -0.3 is 15.5 Å². The Bertz CT molecular complexity index is 773. The van der Waals surface area contributed by atoms with Gasteiger partial charge in [0.25, 0.3) is 0 Å². The van der Waals surface area contributed by atoms with Gasteiger partial charge in [-0.3, -0.25) is 19.6 Å². The van der Waals surface area contributed by atoms with Crippen LogP contribution in [-0.4, -0.2) is 50.2 Å². The second-order valence-electron chi connectivity index (χ2n) is 5.04. The zero-order valence-electron chi connectivity index (χ0n) is 12.3. The number of aromatic nitrogens is 4. The zero-order chi connectivity index (χ0) is 16.6. The minimum absolute atomic E-state index is 0.0617. The fraction of sp³-hybridized carbons (Fsp3) is 0.333. The molecule has 1 aliphatic rings. The molecule has 0 unspecified atom stereocenters. The molecule has 1 saturated heterocycles. The number of rotatable bonds is 3. The van der Waals surface area contributed by atoms with Gasteiger partial charge in [-0.15, -0.1) is 0 Å². The number of nitrogens with two attached hydrogens (primary N) is 1. The number of aryl methyl sites for hydroxylation is 1. The van der Waals surface area contributed by atoms with Crippen molar-refractivity contribution < 1.29 is 9.72 Å². The van der Waals surface area contributed by atoms with Crippen LogP contribution in [0.25, 0.3) is 0 Å². The molecule has 0 spiro atoms. The van der Waals surface area contributed by atoms with Crippen LogP contribution in [0.4, 0.5) is 23.1 Å². The van der Waals surface area contributed by atoms with Crippen molar-refractivity contribution in [3.63, 3.8) is 0 Å². The van der Waals surface area contributed by atoms with E-state index < -0.39 is 4.92 Å². The minimum atomic E-state index is -0.648. The van der Waals surface area contributed by atoms with Crippen LogP contribution in [0.1, 0.15) is 0 Å². The van der Waals surface area contributed by atoms with Crippen molar-refractivity contribution in [1.29, 1.82) is 0 Å². The molecule has 2 N–H and O–H groups in total. The topological polar surface area (TPSA) is 136 Å². The van der Waals surface area contributed by atoms with Crippen LogP contribution in [0.3, 0.4) is 0 Å². The molecule has 23 heavy (non-hydrogen) atoms. The van der Waals surface area contributed by atoms with E-state index in [1.165, 1.54) is 0 Å². The Morgan fingerprint density at radius 2 is 2.13 bits per heavy atom. The van der Waals surface area contributed by atoms with Gasteiger partial charge >= 0.3 is 5.69 Å². The first-order valence-corrected chi connectivity index (χ1v) is 6.76. The number of nitro groups is 1. The summed E-state index contributed by atoms with van der Waals surface area (Å²) in [5.41, 5.74) is 5.93. The van der Waals surface area contributed by atoms with Crippen LogP contribution in [0.2, 0.25) is 0 Å². The van der Waals surface area contributed by atoms with Gasteiger partial charge in [-0.25, -0.2) is 4.98 Å². The van der Waals surface area contributed by atoms with E-state index in [2.05, 4.69) is 15.1 Å². The predicted molar refractivity (Wildman–Crippen MR) is 80.9 cm³/mol. The summed E-state index contributed by atoms with van der Waals surface area (Å²) in [5.74, 6) is -0.154. The maximum Gasteiger partial charge on any atom is 0.329 e. The van der Waals surface area contributed by atoms with Crippen LogP contribution in [0, 0.1) is 10.1 Å². The largest absolute Gasteiger partial charge is 0.378 e. The van der Waals surface area contributed by atoms with Crippen molar-refractivity contribution >= 4 is 29.0 Å². The van der Waals surface area contributed by atoms with Gasteiger partial charge in [0.05, 0.1) is 16.8 Å². The molecule has 0 radical (unpaired) electrons. The van der Waals surface area contributed by atoms with Crippen molar-refractivity contribution in [3.8, 4) is 0 Å². The minimum Gasteiger partial charge on any atom is -0.378 e. The number of hydrogen-bond acceptors (Lipinski definition) is 8. The van der Waals surface area contributed by atoms with Crippen LogP contribution in [0.5, 0.6) is 0 Å². The summed E-state index contributed by atoms with van der Waals surface area (Å²) >= 11 is 0. The molecular formula is C12H14N8O3. The average molecular weight is 318 g/mol. The number of carbonyl (C=O) groups excluding carboxylic acids is 1. The average Bonchev–Trinajstić information content (AvgIpc) is 2.93. The first kappa shape index (κ1) is 14.7. The first-order valence-electron chi connectivity index (χ1n) is 6.76. The normalized spacial score (nSPS) is 15.1. The number of hydrogen-bond donors (Lipinski definition) is 1. The lowest BCUT2D eigenvalue weighted by atomic mass is 10.3. The quantitative estimate of drug-likeness (QED) is 0.593. The molecular weight excluding hydrogens is 304 g/mol. The van der Waals surface area contributed by atoms with E-state index in [9.17, 15) is 14.9 Å². The predicted octanol–water partition coefficient (Wildman–Crippen LogP) is -0.446. The summed E-state index contributed by atoms with van der Waals surface area (Å²) in [6.07, 6.45) is 4.43. The number of piperazine rings is 1. The molecule has 120 valence electrons. The lowest BCUT2D eigenvalue weighted by Crippen LogP contribution is -2.51. The van der Waals surface area contributed by atoms with E-state index in [1.54, 1.807) is 33.9 Å². The molecule has 0 aliphatic carbocycles. The van der Waals surface area contributed by atoms with Crippen LogP contribution >= 0.6 is 0 Å². The third-order valence-electron chi connectivity index (χ3n) is 3.49. The number of nitrogen functional groups attached to an aromatic ring is 1. The maximum absolute atomic E-state index is 12.3. The second-order valence-corrected chi connectivity index (χ2v) is 5.04. The monoisotopic (exact) mass is 318 g/mol. The van der Waals surface area contributed by atoms with Crippen molar-refractivity contribution in [3.05, 3.63) is 28.7 Å². The number of carbonyl (C=O) groups is 1. The Morgan fingerprint density at radius 1 is 1.35 bits per heavy atom. The molecule has 1 aliphatic heterocycles. The van der Waals surface area contributed by atoms with Gasteiger partial charge in [0.15, 0.2) is 0 Å². The summed E-state index contributed by atoms with van der Waals surface area (Å²) in [5, 5.41) is 14.8. The van der Waals surface area contributed by atoms with E-state index in [0.29, 0.717) is 13.1 Å². The fourth-order valence-electron chi connectivity index (χ4n) is 2.34. The van der Waals surface area contributed by atoms with Crippen molar-refractivity contribution in [2.75, 3.05) is 35.2 Å². The molecule has 3 heterocycles. The van der Waals surface area contributed by atoms with Gasteiger partial charge in [0.2, 0.25) is 17.7 Å². The lowest BCUT2D eigenvalue weighted by molar-refractivity contribution is -0.384. The molecule has 0 aromatic carbocycles. The van der Waals surface area contributed by atoms with E-state index in [1.807, 2.05) is 0 Å². The highest BCUT2D eigenvalue weighted by Crippen LogP contribution is 2.22. The molecule has 0 bridgehead atoms. The summed E-state index contributed by atoms with van der Waals surface area (Å²) in [6.45, 7) is 0.981. The maximum atomic E-state index is 12.3. The molecule has 2 aromatic rings. The Hall–Kier alpha value is -3.24. The smallest absolute Gasteiger partial charge is 0.329 e. The van der Waals surface area contributed by atoms with E-state index in [0.717, 1.165) is 11.9 Å². The SMILES string of the molecule is Cn1cc(N2CCN(c3ncc([N+](=O)[O-])c(N)n3)CC2=O)cn1. The van der Waals surface area contributed by atoms with Crippen LogP contribution < -0.4 is 15.5 Å². The fourth-order valence-corrected chi connectivity index (χ4v) is 2.34. The molecule has 1 amide bonds. The highest BCUT2D eigenvalue weighted by molar-refractivity contribution is 5.97. The second kappa shape index (κ2) is 5.51. The van der Waals surface area contributed by atoms with Gasteiger partial charge in [0, 0.05) is 26.3 Å². The summed E-state index contributed by atoms with van der Waals surface area (Å²) in [4.78, 5) is 33.5. The van der Waals surface area contributed by atoms with Crippen molar-refractivity contribution in [2.45, 2.75) is 0 Å². The zero-order valence-corrected chi connectivity index (χ0v) is 12.3. The van der Waals surface area contributed by atoms with E-state index >= 15 is 0 Å². The highest BCUT2D eigenvalue weighted by atomic mass is 16.6. The van der Waals surface area contributed by atoms with Gasteiger partial charge in [0.1, 0.15) is 12.7 Å². The first-order chi connectivity index (χ1) is 11.0. The Balaban J connectivity index is 1.76. The van der Waals surface area contributed by atoms with Gasteiger partial charge in [-0.2, -0.15) is 10.1 Å². The third-order valence-corrected chi connectivity index (χ3v) is 3.49. The van der Waals surface area contributed by atoms with Gasteiger partial charge in [-0.05, 0) is 0 Å². The molecule has 1 fully saturated rings. The van der Waals surface area contributed by atoms with Crippen LogP contribution in [0.15, 0.2) is 18.6 Å². The Morgan fingerprint density at radius 3 is 2.70 bits per heavy atom. The standard InChI is InChI=1S/C12H14N8O3/c1-17-6-8(4-15-17)19-3-2-18(7-10(19)21)12-14-5-9(20(22)23)11(13)16-12/h4-6H,2-3,7H2,1H3,(H2,13,14,16). The summed E-state index contributed by atoms with van der Waals surface area (Å²) < 4.78 is 1.62. The van der Waals surface area contributed by atoms with Crippen molar-refractivity contribution in [1.82, 2.24) is 19.7 Å². The summed E-state index contributed by atoms with van der Waals surface area (Å²) in [7, 11) is 1.78. The van der Waals surface area contributed by atoms with Crippen molar-refractivity contribution in [2.24, 2.45) is 7.05 Å². The lowest BCUT2D eigenvalue weighted by Gasteiger charge is -2.33. The number of amides is 1. The number of nitrogens with zero attached hydrogens (tertiary/aromatic N) is 7. The highest BCUT2D eigenvalue weighted by Gasteiger charge is 2.28. The van der Waals surface area contributed by atoms with E-state index in [4.69, 9.17) is 5.73 Å². The molecule has 2 aromatic heterocycles. The molecule has 3 rings (SSSR count). The Labute approximate surface area is 130 Å². The molecule has 0 atom stereocenters. The van der Waals surface area contributed by atoms with E-state index in [-0.39, 0.29) is 29.9 Å². The molecule has 11 heteroatoms. The molecule has 11 nitrogen and oxygen atoms in total. The third kappa shape index (κ3) is 2.75. The molecule has 0 saturated carbocycles. The summed E-state index contributed by atoms with van der Waals surface area (Å²) in [6, 6.07) is 0. The van der Waals surface area contributed by atoms with Gasteiger partial charge in [-0.1, -0.05) is 0 Å².